The Labute approximate surface area is 378 Å². The van der Waals surface area contributed by atoms with E-state index < -0.39 is 50.8 Å². The average Bonchev–Trinajstić information content (AvgIpc) is 3.67. The van der Waals surface area contributed by atoms with Gasteiger partial charge < -0.3 is 30.3 Å². The molecule has 4 aromatic rings. The molecule has 6 rings (SSSR count). The first-order valence-electron chi connectivity index (χ1n) is 19.3. The van der Waals surface area contributed by atoms with E-state index in [1.807, 2.05) is 6.07 Å². The molecule has 344 valence electrons. The van der Waals surface area contributed by atoms with Gasteiger partial charge in [0.05, 0.1) is 51.2 Å². The Morgan fingerprint density at radius 3 is 1.44 bits per heavy atom. The van der Waals surface area contributed by atoms with Crippen LogP contribution in [0.25, 0.3) is 0 Å². The standard InChI is InChI=1S/C21H23Cl2F3N4O3.C19H21Cl2F3N4O2/c1-12-18(23)19(21(24,25)26)28-30(12)11-17(32)29-8-6-20(7-9-29,27-13(2)31)14-4-5-15(22)16(10-14)33-3;1-11-16(21)17(19(22,23)24)26-28(11)10-15(29)27-7-5-18(25,6-8-27)12-3-4-13(20)14(9-12)30-2/h4-5,10H,6-9,11H2,1-3H3,(H,27,31);3-4,9H,5-8,10,25H2,1-2H3. The molecule has 0 spiro atoms. The zero-order valence-corrected chi connectivity index (χ0v) is 37.6. The lowest BCUT2D eigenvalue weighted by atomic mass is 9.80. The van der Waals surface area contributed by atoms with Gasteiger partial charge in [0, 0.05) is 38.6 Å². The summed E-state index contributed by atoms with van der Waals surface area (Å²) in [6, 6.07) is 10.6. The number of carbonyl (C=O) groups is 3. The quantitative estimate of drug-likeness (QED) is 0.160. The topological polar surface area (TPSA) is 150 Å². The van der Waals surface area contributed by atoms with Gasteiger partial charge in [-0.2, -0.15) is 36.5 Å². The van der Waals surface area contributed by atoms with Gasteiger partial charge in [-0.1, -0.05) is 58.5 Å². The number of piperidine rings is 2. The van der Waals surface area contributed by atoms with Gasteiger partial charge >= 0.3 is 12.4 Å². The van der Waals surface area contributed by atoms with Crippen LogP contribution in [-0.4, -0.2) is 87.5 Å². The summed E-state index contributed by atoms with van der Waals surface area (Å²) in [5.74, 6) is 0.0101. The maximum Gasteiger partial charge on any atom is 0.436 e. The van der Waals surface area contributed by atoms with Crippen molar-refractivity contribution in [3.8, 4) is 11.5 Å². The molecule has 3 amide bonds. The molecule has 2 aromatic carbocycles. The number of amides is 3. The van der Waals surface area contributed by atoms with Crippen molar-refractivity contribution >= 4 is 64.1 Å². The number of likely N-dealkylation sites (tertiary alicyclic amines) is 2. The van der Waals surface area contributed by atoms with Gasteiger partial charge in [0.1, 0.15) is 24.6 Å². The minimum Gasteiger partial charge on any atom is -0.495 e. The van der Waals surface area contributed by atoms with Crippen LogP contribution in [0.1, 0.15) is 66.5 Å². The Hall–Kier alpha value is -4.43. The third kappa shape index (κ3) is 11.1. The van der Waals surface area contributed by atoms with Crippen LogP contribution in [0.15, 0.2) is 36.4 Å². The number of benzene rings is 2. The highest BCUT2D eigenvalue weighted by Crippen LogP contribution is 2.40. The lowest BCUT2D eigenvalue weighted by Gasteiger charge is -2.42. The van der Waals surface area contributed by atoms with Gasteiger partial charge in [-0.25, -0.2) is 0 Å². The molecule has 2 aliphatic heterocycles. The molecule has 0 aliphatic carbocycles. The van der Waals surface area contributed by atoms with Crippen LogP contribution in [0.3, 0.4) is 0 Å². The molecule has 13 nitrogen and oxygen atoms in total. The van der Waals surface area contributed by atoms with Crippen LogP contribution < -0.4 is 20.5 Å². The molecule has 0 bridgehead atoms. The second kappa shape index (κ2) is 19.4. The first-order valence-corrected chi connectivity index (χ1v) is 20.8. The molecule has 2 saturated heterocycles. The van der Waals surface area contributed by atoms with Gasteiger partial charge in [0.15, 0.2) is 11.4 Å². The maximum absolute atomic E-state index is 13.1. The fourth-order valence-corrected chi connectivity index (χ4v) is 8.38. The molecule has 2 fully saturated rings. The van der Waals surface area contributed by atoms with Crippen LogP contribution in [0.2, 0.25) is 20.1 Å². The number of rotatable bonds is 9. The van der Waals surface area contributed by atoms with Crippen molar-refractivity contribution in [3.63, 3.8) is 0 Å². The number of hydrogen-bond donors (Lipinski definition) is 2. The summed E-state index contributed by atoms with van der Waals surface area (Å²) in [4.78, 5) is 40.5. The third-order valence-corrected chi connectivity index (χ3v) is 12.7. The van der Waals surface area contributed by atoms with Crippen LogP contribution in [0.5, 0.6) is 11.5 Å². The SMILES string of the molecule is COc1cc(C2(N)CCN(C(=O)Cn3nc(C(F)(F)F)c(Cl)c3C)CC2)ccc1Cl.COc1cc(C2(NC(C)=O)CCN(C(=O)Cn3nc(C(F)(F)F)c(Cl)c3C)CC2)ccc1Cl. The van der Waals surface area contributed by atoms with E-state index in [1.54, 1.807) is 35.2 Å². The lowest BCUT2D eigenvalue weighted by molar-refractivity contribution is -0.142. The molecule has 0 saturated carbocycles. The number of nitrogens with zero attached hydrogens (tertiary/aromatic N) is 6. The second-order valence-corrected chi connectivity index (χ2v) is 16.8. The lowest BCUT2D eigenvalue weighted by Crippen LogP contribution is -2.54. The van der Waals surface area contributed by atoms with E-state index >= 15 is 0 Å². The van der Waals surface area contributed by atoms with Crippen LogP contribution in [-0.2, 0) is 50.9 Å². The van der Waals surface area contributed by atoms with E-state index in [0.29, 0.717) is 60.3 Å². The summed E-state index contributed by atoms with van der Waals surface area (Å²) < 4.78 is 90.6. The van der Waals surface area contributed by atoms with E-state index in [1.165, 1.54) is 39.9 Å². The van der Waals surface area contributed by atoms with Crippen molar-refractivity contribution in [3.05, 3.63) is 90.4 Å². The maximum atomic E-state index is 13.1. The number of alkyl halides is 6. The van der Waals surface area contributed by atoms with Crippen LogP contribution >= 0.6 is 46.4 Å². The minimum absolute atomic E-state index is 0.0650. The highest BCUT2D eigenvalue weighted by atomic mass is 35.5. The zero-order chi connectivity index (χ0) is 46.8. The van der Waals surface area contributed by atoms with E-state index in [9.17, 15) is 40.7 Å². The summed E-state index contributed by atoms with van der Waals surface area (Å²) in [5, 5.41) is 9.85. The van der Waals surface area contributed by atoms with Crippen molar-refractivity contribution < 1.29 is 50.2 Å². The van der Waals surface area contributed by atoms with Crippen molar-refractivity contribution in [1.82, 2.24) is 34.7 Å². The predicted molar refractivity (Wildman–Crippen MR) is 223 cm³/mol. The smallest absolute Gasteiger partial charge is 0.436 e. The second-order valence-electron chi connectivity index (χ2n) is 15.2. The van der Waals surface area contributed by atoms with E-state index in [-0.39, 0.29) is 49.4 Å². The Morgan fingerprint density at radius 1 is 0.698 bits per heavy atom. The normalized spacial score (nSPS) is 16.3. The molecule has 2 aliphatic rings. The summed E-state index contributed by atoms with van der Waals surface area (Å²) in [7, 11) is 3.01. The minimum atomic E-state index is -4.71. The number of hydrogen-bond acceptors (Lipinski definition) is 8. The van der Waals surface area contributed by atoms with Crippen molar-refractivity contribution in [2.75, 3.05) is 40.4 Å². The largest absolute Gasteiger partial charge is 0.495 e. The van der Waals surface area contributed by atoms with E-state index in [2.05, 4.69) is 15.5 Å². The molecule has 2 aromatic heterocycles. The molecule has 0 unspecified atom stereocenters. The first-order chi connectivity index (χ1) is 29.3. The summed E-state index contributed by atoms with van der Waals surface area (Å²) >= 11 is 23.7. The molecule has 63 heavy (non-hydrogen) atoms. The summed E-state index contributed by atoms with van der Waals surface area (Å²) in [5.41, 5.74) is 4.55. The van der Waals surface area contributed by atoms with Crippen molar-refractivity contribution in [2.24, 2.45) is 5.73 Å². The molecular formula is C40H44Cl4F6N8O5. The van der Waals surface area contributed by atoms with Gasteiger partial charge in [-0.15, -0.1) is 0 Å². The molecular weight excluding hydrogens is 928 g/mol. The Bertz CT molecular complexity index is 2340. The molecule has 23 heteroatoms. The number of nitrogens with one attached hydrogen (secondary N) is 1. The Kier molecular flexibility index (Phi) is 15.2. The zero-order valence-electron chi connectivity index (χ0n) is 34.6. The molecule has 3 N–H and O–H groups in total. The number of methoxy groups -OCH3 is 2. The summed E-state index contributed by atoms with van der Waals surface area (Å²) in [6.45, 7) is 4.78. The fourth-order valence-electron chi connectivity index (χ4n) is 7.51. The monoisotopic (exact) mass is 970 g/mol. The van der Waals surface area contributed by atoms with Crippen molar-refractivity contribution in [1.29, 1.82) is 0 Å². The number of carbonyl (C=O) groups excluding carboxylic acids is 3. The molecule has 0 atom stereocenters. The first kappa shape index (κ1) is 49.6. The van der Waals surface area contributed by atoms with E-state index in [0.717, 1.165) is 20.5 Å². The van der Waals surface area contributed by atoms with Crippen LogP contribution in [0, 0.1) is 13.8 Å². The van der Waals surface area contributed by atoms with Gasteiger partial charge in [0.25, 0.3) is 0 Å². The third-order valence-electron chi connectivity index (χ3n) is 11.2. The highest BCUT2D eigenvalue weighted by molar-refractivity contribution is 6.33. The number of halogens is 10. The van der Waals surface area contributed by atoms with Gasteiger partial charge in [-0.05, 0) is 74.9 Å². The summed E-state index contributed by atoms with van der Waals surface area (Å²) in [6.07, 6.45) is -7.63. The highest BCUT2D eigenvalue weighted by Gasteiger charge is 2.42. The van der Waals surface area contributed by atoms with Gasteiger partial charge in [-0.3, -0.25) is 23.7 Å². The van der Waals surface area contributed by atoms with Crippen molar-refractivity contribution in [2.45, 2.75) is 83.0 Å². The average molecular weight is 973 g/mol. The van der Waals surface area contributed by atoms with Crippen LogP contribution in [0.4, 0.5) is 26.3 Å². The number of nitrogens with two attached hydrogens (primary N) is 1. The Morgan fingerprint density at radius 2 is 1.08 bits per heavy atom. The molecule has 0 radical (unpaired) electrons. The van der Waals surface area contributed by atoms with Gasteiger partial charge in [0.2, 0.25) is 17.7 Å². The number of ether oxygens (including phenoxy) is 2. The Balaban J connectivity index is 0.000000239. The fraction of sp³-hybridized carbons (Fsp3) is 0.475. The number of aromatic nitrogens is 4. The predicted octanol–water partition coefficient (Wildman–Crippen LogP) is 8.18. The van der Waals surface area contributed by atoms with E-state index in [4.69, 9.17) is 61.6 Å². The molecule has 4 heterocycles.